The first-order chi connectivity index (χ1) is 46.2. The minimum atomic E-state index is -4.96. The largest absolute Gasteiger partial charge is 0.472 e. The Labute approximate surface area is 572 Å². The summed E-state index contributed by atoms with van der Waals surface area (Å²) >= 11 is 0. The molecule has 534 valence electrons. The highest BCUT2D eigenvalue weighted by Crippen LogP contribution is 2.45. The summed E-state index contributed by atoms with van der Waals surface area (Å²) in [5.41, 5.74) is 0. The maximum atomic E-state index is 12.9. The lowest BCUT2D eigenvalue weighted by atomic mass is 10.1. The maximum absolute atomic E-state index is 12.9. The number of aliphatic hydroxyl groups is 2. The minimum absolute atomic E-state index is 0.0302. The van der Waals surface area contributed by atoms with E-state index >= 15 is 0 Å². The quantitative estimate of drug-likeness (QED) is 0.0146. The summed E-state index contributed by atoms with van der Waals surface area (Å²) in [6.07, 6.45) is 87.8. The second-order valence-corrected chi connectivity index (χ2v) is 25.1. The summed E-state index contributed by atoms with van der Waals surface area (Å²) in [6, 6.07) is 0. The number of unbranched alkanes of at least 4 members (excludes halogenated alkanes) is 8. The van der Waals surface area contributed by atoms with E-state index < -0.39 is 91.5 Å². The van der Waals surface area contributed by atoms with Crippen LogP contribution < -0.4 is 0 Å². The lowest BCUT2D eigenvalue weighted by Crippen LogP contribution is -2.30. The van der Waals surface area contributed by atoms with E-state index in [1.165, 1.54) is 0 Å². The fraction of sp³-hybridized carbons (Fsp3) is 0.545. The van der Waals surface area contributed by atoms with Crippen molar-refractivity contribution in [3.63, 3.8) is 0 Å². The van der Waals surface area contributed by atoms with Crippen LogP contribution in [0.1, 0.15) is 213 Å². The number of rotatable bonds is 63. The summed E-state index contributed by atoms with van der Waals surface area (Å²) in [5.74, 6) is -1.75. The third kappa shape index (κ3) is 69.6. The number of ether oxygens (including phenoxy) is 3. The van der Waals surface area contributed by atoms with Gasteiger partial charge in [-0.1, -0.05) is 241 Å². The molecule has 0 aliphatic rings. The summed E-state index contributed by atoms with van der Waals surface area (Å²) in [5, 5.41) is 20.6. The molecule has 0 aromatic heterocycles. The van der Waals surface area contributed by atoms with Crippen LogP contribution in [-0.2, 0) is 55.8 Å². The van der Waals surface area contributed by atoms with Crippen molar-refractivity contribution in [2.24, 2.45) is 0 Å². The van der Waals surface area contributed by atoms with E-state index in [1.54, 1.807) is 0 Å². The monoisotopic (exact) mass is 1360 g/mol. The SMILES string of the molecule is CC/C=C\C/C=C\C/C=C\C/C=C\C/C=C\C/C=C\CCCCCCC(=O)OCC(O)COP(=O)(O)OCC(O)COP(=O)(O)OCC(COC(=O)CC/C=C\C/C=C\C/C=C\C/C=C\C/C=C\C/C=C\CC)OC(=O)CCCCCC/C=C\C/C=C\C/C=C\C/C=C\CC. The molecule has 0 fully saturated rings. The Morgan fingerprint density at radius 1 is 0.295 bits per heavy atom. The first-order valence-corrected chi connectivity index (χ1v) is 37.7. The molecular weight excluding hydrogens is 1240 g/mol. The normalized spacial score (nSPS) is 15.3. The van der Waals surface area contributed by atoms with Gasteiger partial charge in [-0.25, -0.2) is 9.13 Å². The standard InChI is InChI=1S/C77H120O16P2/c1-4-7-10-13-16-19-22-25-28-31-33-34-35-36-38-41-42-45-48-51-54-57-60-63-75(80)87-66-72(78)67-89-94(83,84)90-68-73(79)69-91-95(85,86)92-71-74(93-77(82)65-62-59-56-53-50-47-44-39-30-27-24-21-18-15-12-9-6-3)70-88-76(81)64-61-58-55-52-49-46-43-40-37-32-29-26-23-20-17-14-11-8-5-2/h7-12,16-21,25-30,33-34,36-38,40,42,44-47,49,55,58,72-74,78-79H,4-6,13-15,22-24,31-32,35,39,41,43,48,50-54,56-57,59-71H2,1-3H3,(H,83,84)(H,85,86)/b10-7-,11-8-,12-9-,19-16-,20-17-,21-18-,28-25-,29-26-,30-27-,34-33-,38-36-,40-37-,45-42-,47-44-,49-46-,58-55-. The smallest absolute Gasteiger partial charge is 0.463 e. The molecule has 0 aliphatic heterocycles. The molecule has 0 radical (unpaired) electrons. The number of hydrogen-bond donors (Lipinski definition) is 4. The number of carbonyl (C=O) groups excluding carboxylic acids is 3. The molecular formula is C77H120O16P2. The molecule has 16 nitrogen and oxygen atoms in total. The Balaban J connectivity index is 4.81. The van der Waals surface area contributed by atoms with Crippen molar-refractivity contribution in [2.45, 2.75) is 232 Å². The van der Waals surface area contributed by atoms with Gasteiger partial charge in [-0.3, -0.25) is 32.5 Å². The Bertz CT molecular complexity index is 2510. The second-order valence-electron chi connectivity index (χ2n) is 22.2. The van der Waals surface area contributed by atoms with E-state index in [9.17, 15) is 43.5 Å². The third-order valence-corrected chi connectivity index (χ3v) is 15.2. The van der Waals surface area contributed by atoms with Crippen LogP contribution in [0.3, 0.4) is 0 Å². The highest BCUT2D eigenvalue weighted by Gasteiger charge is 2.29. The second kappa shape index (κ2) is 68.3. The van der Waals surface area contributed by atoms with Crippen LogP contribution in [0.5, 0.6) is 0 Å². The highest BCUT2D eigenvalue weighted by atomic mass is 31.2. The molecule has 0 spiro atoms. The number of allylic oxidation sites excluding steroid dienone is 32. The zero-order valence-corrected chi connectivity index (χ0v) is 59.5. The van der Waals surface area contributed by atoms with Gasteiger partial charge in [-0.15, -0.1) is 0 Å². The van der Waals surface area contributed by atoms with Gasteiger partial charge >= 0.3 is 33.6 Å². The van der Waals surface area contributed by atoms with Gasteiger partial charge in [-0.05, 0) is 148 Å². The molecule has 5 unspecified atom stereocenters. The van der Waals surface area contributed by atoms with E-state index in [1.807, 2.05) is 18.2 Å². The molecule has 0 rings (SSSR count). The van der Waals surface area contributed by atoms with Crippen molar-refractivity contribution in [3.8, 4) is 0 Å². The van der Waals surface area contributed by atoms with Crippen molar-refractivity contribution >= 4 is 33.6 Å². The van der Waals surface area contributed by atoms with Crippen molar-refractivity contribution in [3.05, 3.63) is 194 Å². The molecule has 0 saturated heterocycles. The molecule has 18 heteroatoms. The van der Waals surface area contributed by atoms with Gasteiger partial charge in [0.1, 0.15) is 25.4 Å². The van der Waals surface area contributed by atoms with Crippen molar-refractivity contribution in [1.82, 2.24) is 0 Å². The lowest BCUT2D eigenvalue weighted by molar-refractivity contribution is -0.161. The molecule has 0 aromatic carbocycles. The van der Waals surface area contributed by atoms with Gasteiger partial charge in [0.25, 0.3) is 0 Å². The molecule has 95 heavy (non-hydrogen) atoms. The van der Waals surface area contributed by atoms with Gasteiger partial charge in [0.15, 0.2) is 6.10 Å². The summed E-state index contributed by atoms with van der Waals surface area (Å²) in [7, 11) is -9.84. The fourth-order valence-corrected chi connectivity index (χ4v) is 9.70. The maximum Gasteiger partial charge on any atom is 0.472 e. The third-order valence-electron chi connectivity index (χ3n) is 13.3. The van der Waals surface area contributed by atoms with E-state index in [-0.39, 0.29) is 19.3 Å². The molecule has 0 aromatic rings. The van der Waals surface area contributed by atoms with E-state index in [4.69, 9.17) is 32.3 Å². The van der Waals surface area contributed by atoms with Crippen molar-refractivity contribution < 1.29 is 75.8 Å². The average Bonchev–Trinajstić information content (AvgIpc) is 2.05. The average molecular weight is 1360 g/mol. The van der Waals surface area contributed by atoms with Crippen LogP contribution in [0, 0.1) is 0 Å². The van der Waals surface area contributed by atoms with Crippen molar-refractivity contribution in [2.75, 3.05) is 39.6 Å². The van der Waals surface area contributed by atoms with Gasteiger partial charge in [0.05, 0.1) is 26.4 Å². The molecule has 0 amide bonds. The molecule has 4 N–H and O–H groups in total. The number of aliphatic hydroxyl groups excluding tert-OH is 2. The summed E-state index contributed by atoms with van der Waals surface area (Å²) in [6.45, 7) is 2.13. The number of hydrogen-bond acceptors (Lipinski definition) is 14. The Morgan fingerprint density at radius 2 is 0.547 bits per heavy atom. The van der Waals surface area contributed by atoms with Crippen LogP contribution in [0.15, 0.2) is 194 Å². The van der Waals surface area contributed by atoms with Crippen LogP contribution in [0.25, 0.3) is 0 Å². The summed E-state index contributed by atoms with van der Waals surface area (Å²) in [4.78, 5) is 58.4. The predicted molar refractivity (Wildman–Crippen MR) is 389 cm³/mol. The summed E-state index contributed by atoms with van der Waals surface area (Å²) < 4.78 is 60.8. The number of esters is 3. The molecule has 0 heterocycles. The first-order valence-electron chi connectivity index (χ1n) is 34.7. The topological polar surface area (TPSA) is 231 Å². The Hall–Kier alpha value is -5.61. The first kappa shape index (κ1) is 89.4. The lowest BCUT2D eigenvalue weighted by Gasteiger charge is -2.21. The van der Waals surface area contributed by atoms with Gasteiger partial charge in [0.2, 0.25) is 0 Å². The molecule has 0 bridgehead atoms. The molecule has 0 aliphatic carbocycles. The zero-order valence-electron chi connectivity index (χ0n) is 57.7. The highest BCUT2D eigenvalue weighted by molar-refractivity contribution is 7.47. The van der Waals surface area contributed by atoms with E-state index in [0.717, 1.165) is 148 Å². The van der Waals surface area contributed by atoms with E-state index in [2.05, 4.69) is 197 Å². The molecule has 0 saturated carbocycles. The molecule has 5 atom stereocenters. The number of phosphoric ester groups is 2. The van der Waals surface area contributed by atoms with Gasteiger partial charge < -0.3 is 34.2 Å². The van der Waals surface area contributed by atoms with Crippen LogP contribution >= 0.6 is 15.6 Å². The van der Waals surface area contributed by atoms with E-state index in [0.29, 0.717) is 25.7 Å². The van der Waals surface area contributed by atoms with Crippen LogP contribution in [0.2, 0.25) is 0 Å². The van der Waals surface area contributed by atoms with Crippen molar-refractivity contribution in [1.29, 1.82) is 0 Å². The predicted octanol–water partition coefficient (Wildman–Crippen LogP) is 19.6. The zero-order chi connectivity index (χ0) is 69.5. The number of phosphoric acid groups is 2. The van der Waals surface area contributed by atoms with Gasteiger partial charge in [0, 0.05) is 19.3 Å². The van der Waals surface area contributed by atoms with Crippen LogP contribution in [-0.4, -0.2) is 95.9 Å². The fourth-order valence-electron chi connectivity index (χ4n) is 8.12. The minimum Gasteiger partial charge on any atom is -0.463 e. The van der Waals surface area contributed by atoms with Crippen LogP contribution in [0.4, 0.5) is 0 Å². The Kier molecular flexibility index (Phi) is 64.3. The number of carbonyl (C=O) groups is 3. The van der Waals surface area contributed by atoms with Gasteiger partial charge in [-0.2, -0.15) is 0 Å². The Morgan fingerprint density at radius 3 is 0.884 bits per heavy atom.